The first kappa shape index (κ1) is 14.8. The minimum atomic E-state index is -3.55. The van der Waals surface area contributed by atoms with Crippen LogP contribution in [-0.4, -0.2) is 22.5 Å². The Balaban J connectivity index is 2.18. The second-order valence-electron chi connectivity index (χ2n) is 4.44. The SMILES string of the molecule is CCn1cc(S(=O)(=O)NCc2nccn2C)cc1CN. The minimum Gasteiger partial charge on any atom is -0.349 e. The third-order valence-corrected chi connectivity index (χ3v) is 4.53. The Kier molecular flexibility index (Phi) is 4.26. The number of imidazole rings is 1. The van der Waals surface area contributed by atoms with Gasteiger partial charge in [0, 0.05) is 44.4 Å². The Morgan fingerprint density at radius 3 is 2.70 bits per heavy atom. The van der Waals surface area contributed by atoms with Crippen LogP contribution in [0.5, 0.6) is 0 Å². The van der Waals surface area contributed by atoms with E-state index in [0.29, 0.717) is 18.9 Å². The Hall–Kier alpha value is -1.64. The monoisotopic (exact) mass is 297 g/mol. The van der Waals surface area contributed by atoms with Crippen molar-refractivity contribution in [1.82, 2.24) is 18.8 Å². The molecule has 2 aromatic rings. The van der Waals surface area contributed by atoms with Crippen LogP contribution in [0.2, 0.25) is 0 Å². The maximum absolute atomic E-state index is 12.2. The lowest BCUT2D eigenvalue weighted by Crippen LogP contribution is -2.24. The lowest BCUT2D eigenvalue weighted by atomic mass is 10.4. The zero-order valence-corrected chi connectivity index (χ0v) is 12.4. The maximum atomic E-state index is 12.2. The first-order valence-corrected chi connectivity index (χ1v) is 7.81. The van der Waals surface area contributed by atoms with E-state index in [2.05, 4.69) is 9.71 Å². The molecule has 0 aliphatic rings. The summed E-state index contributed by atoms with van der Waals surface area (Å²) in [7, 11) is -1.74. The predicted molar refractivity (Wildman–Crippen MR) is 75.2 cm³/mol. The summed E-state index contributed by atoms with van der Waals surface area (Å²) < 4.78 is 30.6. The fourth-order valence-electron chi connectivity index (χ4n) is 1.95. The van der Waals surface area contributed by atoms with Crippen LogP contribution >= 0.6 is 0 Å². The van der Waals surface area contributed by atoms with E-state index in [-0.39, 0.29) is 11.4 Å². The molecule has 0 saturated carbocycles. The van der Waals surface area contributed by atoms with Gasteiger partial charge in [-0.25, -0.2) is 18.1 Å². The van der Waals surface area contributed by atoms with Crippen LogP contribution in [-0.2, 0) is 36.7 Å². The topological polar surface area (TPSA) is 94.9 Å². The van der Waals surface area contributed by atoms with Gasteiger partial charge in [0.05, 0.1) is 11.4 Å². The van der Waals surface area contributed by atoms with Gasteiger partial charge in [0.2, 0.25) is 10.0 Å². The molecule has 0 aromatic carbocycles. The molecule has 0 spiro atoms. The van der Waals surface area contributed by atoms with Crippen molar-refractivity contribution >= 4 is 10.0 Å². The zero-order valence-electron chi connectivity index (χ0n) is 11.6. The van der Waals surface area contributed by atoms with Gasteiger partial charge in [0.15, 0.2) is 0 Å². The van der Waals surface area contributed by atoms with Crippen molar-refractivity contribution in [2.45, 2.75) is 31.5 Å². The molecular weight excluding hydrogens is 278 g/mol. The lowest BCUT2D eigenvalue weighted by Gasteiger charge is -2.05. The number of hydrogen-bond acceptors (Lipinski definition) is 4. The third kappa shape index (κ3) is 2.92. The fraction of sp³-hybridized carbons (Fsp3) is 0.417. The van der Waals surface area contributed by atoms with E-state index in [9.17, 15) is 8.42 Å². The normalized spacial score (nSPS) is 11.9. The third-order valence-electron chi connectivity index (χ3n) is 3.16. The first-order chi connectivity index (χ1) is 9.47. The fourth-order valence-corrected chi connectivity index (χ4v) is 2.99. The average molecular weight is 297 g/mol. The summed E-state index contributed by atoms with van der Waals surface area (Å²) in [6.45, 7) is 3.09. The Bertz CT molecular complexity index is 665. The van der Waals surface area contributed by atoms with Crippen molar-refractivity contribution in [2.75, 3.05) is 0 Å². The van der Waals surface area contributed by atoms with Gasteiger partial charge in [0.25, 0.3) is 0 Å². The van der Waals surface area contributed by atoms with Crippen LogP contribution in [0.1, 0.15) is 18.4 Å². The second kappa shape index (κ2) is 5.78. The highest BCUT2D eigenvalue weighted by Crippen LogP contribution is 2.14. The number of nitrogens with two attached hydrogens (primary N) is 1. The van der Waals surface area contributed by atoms with Crippen LogP contribution < -0.4 is 10.5 Å². The number of nitrogens with zero attached hydrogens (tertiary/aromatic N) is 3. The summed E-state index contributed by atoms with van der Waals surface area (Å²) in [5.41, 5.74) is 6.40. The molecule has 0 radical (unpaired) electrons. The highest BCUT2D eigenvalue weighted by atomic mass is 32.2. The van der Waals surface area contributed by atoms with Crippen molar-refractivity contribution in [3.05, 3.63) is 36.2 Å². The zero-order chi connectivity index (χ0) is 14.8. The molecule has 0 unspecified atom stereocenters. The molecule has 2 aromatic heterocycles. The van der Waals surface area contributed by atoms with Crippen molar-refractivity contribution in [3.8, 4) is 0 Å². The summed E-state index contributed by atoms with van der Waals surface area (Å²) in [6, 6.07) is 1.60. The van der Waals surface area contributed by atoms with E-state index in [1.807, 2.05) is 18.5 Å². The molecule has 110 valence electrons. The molecule has 0 aliphatic carbocycles. The Morgan fingerprint density at radius 2 is 2.20 bits per heavy atom. The number of hydrogen-bond donors (Lipinski definition) is 2. The van der Waals surface area contributed by atoms with Gasteiger partial charge in [-0.3, -0.25) is 0 Å². The smallest absolute Gasteiger partial charge is 0.242 e. The van der Waals surface area contributed by atoms with E-state index >= 15 is 0 Å². The van der Waals surface area contributed by atoms with Crippen LogP contribution in [0, 0.1) is 0 Å². The first-order valence-electron chi connectivity index (χ1n) is 6.33. The van der Waals surface area contributed by atoms with Crippen LogP contribution in [0.4, 0.5) is 0 Å². The van der Waals surface area contributed by atoms with Gasteiger partial charge in [-0.2, -0.15) is 0 Å². The van der Waals surface area contributed by atoms with Crippen molar-refractivity contribution in [3.63, 3.8) is 0 Å². The highest BCUT2D eigenvalue weighted by molar-refractivity contribution is 7.89. The van der Waals surface area contributed by atoms with Crippen molar-refractivity contribution < 1.29 is 8.42 Å². The van der Waals surface area contributed by atoms with Gasteiger partial charge in [-0.05, 0) is 13.0 Å². The number of nitrogens with one attached hydrogen (secondary N) is 1. The summed E-state index contributed by atoms with van der Waals surface area (Å²) in [6.07, 6.45) is 5.00. The molecule has 8 heteroatoms. The van der Waals surface area contributed by atoms with Crippen LogP contribution in [0.3, 0.4) is 0 Å². The van der Waals surface area contributed by atoms with E-state index < -0.39 is 10.0 Å². The van der Waals surface area contributed by atoms with E-state index in [1.54, 1.807) is 29.2 Å². The van der Waals surface area contributed by atoms with Gasteiger partial charge in [-0.1, -0.05) is 0 Å². The number of sulfonamides is 1. The minimum absolute atomic E-state index is 0.154. The highest BCUT2D eigenvalue weighted by Gasteiger charge is 2.18. The molecular formula is C12H19N5O2S. The molecule has 0 saturated heterocycles. The van der Waals surface area contributed by atoms with Gasteiger partial charge in [0.1, 0.15) is 5.82 Å². The summed E-state index contributed by atoms with van der Waals surface area (Å²) in [5.74, 6) is 0.655. The van der Waals surface area contributed by atoms with Gasteiger partial charge in [-0.15, -0.1) is 0 Å². The van der Waals surface area contributed by atoms with Crippen LogP contribution in [0.25, 0.3) is 0 Å². The summed E-state index contributed by atoms with van der Waals surface area (Å²) >= 11 is 0. The number of aromatic nitrogens is 3. The van der Waals surface area contributed by atoms with E-state index in [1.165, 1.54) is 0 Å². The Morgan fingerprint density at radius 1 is 1.45 bits per heavy atom. The molecule has 20 heavy (non-hydrogen) atoms. The Labute approximate surface area is 118 Å². The van der Waals surface area contributed by atoms with E-state index in [4.69, 9.17) is 5.73 Å². The van der Waals surface area contributed by atoms with Gasteiger partial charge < -0.3 is 14.9 Å². The predicted octanol–water partition coefficient (Wildman–Crippen LogP) is 0.179. The molecule has 0 fully saturated rings. The number of aryl methyl sites for hydroxylation is 2. The average Bonchev–Trinajstić information content (AvgIpc) is 3.02. The van der Waals surface area contributed by atoms with Crippen LogP contribution in [0.15, 0.2) is 29.6 Å². The number of rotatable bonds is 6. The molecule has 2 rings (SSSR count). The molecule has 0 atom stereocenters. The lowest BCUT2D eigenvalue weighted by molar-refractivity contribution is 0.577. The van der Waals surface area contributed by atoms with Crippen molar-refractivity contribution in [1.29, 1.82) is 0 Å². The summed E-state index contributed by atoms with van der Waals surface area (Å²) in [4.78, 5) is 4.31. The van der Waals surface area contributed by atoms with E-state index in [0.717, 1.165) is 5.69 Å². The summed E-state index contributed by atoms with van der Waals surface area (Å²) in [5, 5.41) is 0. The molecule has 0 bridgehead atoms. The maximum Gasteiger partial charge on any atom is 0.242 e. The molecule has 3 N–H and O–H groups in total. The van der Waals surface area contributed by atoms with Gasteiger partial charge >= 0.3 is 0 Å². The molecule has 0 aliphatic heterocycles. The molecule has 0 amide bonds. The standard InChI is InChI=1S/C12H19N5O2S/c1-3-17-9-11(6-10(17)7-13)20(18,19)15-8-12-14-4-5-16(12)2/h4-6,9,15H,3,7-8,13H2,1-2H3. The quantitative estimate of drug-likeness (QED) is 0.795. The van der Waals surface area contributed by atoms with Crippen molar-refractivity contribution in [2.24, 2.45) is 12.8 Å². The molecule has 7 nitrogen and oxygen atoms in total. The second-order valence-corrected chi connectivity index (χ2v) is 6.20. The molecule has 2 heterocycles. The largest absolute Gasteiger partial charge is 0.349 e.